The minimum Gasteiger partial charge on any atom is -0.481 e. The largest absolute Gasteiger partial charge is 0.481 e. The first-order valence-electron chi connectivity index (χ1n) is 6.05. The summed E-state index contributed by atoms with van der Waals surface area (Å²) < 4.78 is 4.97. The van der Waals surface area contributed by atoms with Crippen LogP contribution in [-0.4, -0.2) is 52.2 Å². The number of anilines is 1. The molecular formula is C12H18N4O4. The van der Waals surface area contributed by atoms with Crippen LogP contribution >= 0.6 is 0 Å². The summed E-state index contributed by atoms with van der Waals surface area (Å²) in [6, 6.07) is 0.125. The van der Waals surface area contributed by atoms with E-state index in [0.717, 1.165) is 4.90 Å². The molecule has 8 nitrogen and oxygen atoms in total. The van der Waals surface area contributed by atoms with E-state index >= 15 is 0 Å². The molecule has 1 aromatic heterocycles. The number of ether oxygens (including phenoxy) is 1. The third kappa shape index (κ3) is 3.81. The summed E-state index contributed by atoms with van der Waals surface area (Å²) in [5, 5.41) is 11.5. The summed E-state index contributed by atoms with van der Waals surface area (Å²) in [5.41, 5.74) is 0.625. The van der Waals surface area contributed by atoms with Crippen LogP contribution in [0.25, 0.3) is 0 Å². The summed E-state index contributed by atoms with van der Waals surface area (Å²) in [6.07, 6.45) is 0.303. The quantitative estimate of drug-likeness (QED) is 0.838. The molecule has 0 saturated heterocycles. The molecule has 110 valence electrons. The SMILES string of the molecule is CCC(C(=O)O)N(C)C(=O)Nc1nc(C)cc(OC)n1. The molecule has 1 heterocycles. The highest BCUT2D eigenvalue weighted by atomic mass is 16.5. The Morgan fingerprint density at radius 2 is 2.15 bits per heavy atom. The average molecular weight is 282 g/mol. The van der Waals surface area contributed by atoms with Crippen molar-refractivity contribution < 1.29 is 19.4 Å². The molecule has 0 aromatic carbocycles. The van der Waals surface area contributed by atoms with Crippen molar-refractivity contribution in [1.82, 2.24) is 14.9 Å². The number of carboxylic acids is 1. The number of carboxylic acid groups (broad SMARTS) is 1. The van der Waals surface area contributed by atoms with E-state index in [4.69, 9.17) is 9.84 Å². The third-order valence-electron chi connectivity index (χ3n) is 2.72. The fraction of sp³-hybridized carbons (Fsp3) is 0.500. The molecule has 2 amide bonds. The Kier molecular flexibility index (Phi) is 5.24. The second kappa shape index (κ2) is 6.69. The number of aryl methyl sites for hydroxylation is 1. The van der Waals surface area contributed by atoms with Gasteiger partial charge in [-0.3, -0.25) is 5.32 Å². The van der Waals surface area contributed by atoms with Gasteiger partial charge in [0.15, 0.2) is 0 Å². The molecule has 0 radical (unpaired) electrons. The molecule has 8 heteroatoms. The minimum absolute atomic E-state index is 0.0685. The number of aromatic nitrogens is 2. The fourth-order valence-electron chi connectivity index (χ4n) is 1.64. The Morgan fingerprint density at radius 3 is 2.65 bits per heavy atom. The lowest BCUT2D eigenvalue weighted by Gasteiger charge is -2.23. The lowest BCUT2D eigenvalue weighted by molar-refractivity contribution is -0.141. The molecule has 0 aliphatic rings. The van der Waals surface area contributed by atoms with Crippen molar-refractivity contribution in [2.45, 2.75) is 26.3 Å². The first-order chi connectivity index (χ1) is 9.38. The first kappa shape index (κ1) is 15.7. The van der Waals surface area contributed by atoms with Crippen molar-refractivity contribution >= 4 is 17.9 Å². The monoisotopic (exact) mass is 282 g/mol. The van der Waals surface area contributed by atoms with Crippen LogP contribution in [0.2, 0.25) is 0 Å². The Labute approximate surface area is 116 Å². The van der Waals surface area contributed by atoms with Crippen LogP contribution in [0.3, 0.4) is 0 Å². The number of likely N-dealkylation sites (N-methyl/N-ethyl adjacent to an activating group) is 1. The third-order valence-corrected chi connectivity index (χ3v) is 2.72. The topological polar surface area (TPSA) is 105 Å². The van der Waals surface area contributed by atoms with Gasteiger partial charge in [-0.25, -0.2) is 14.6 Å². The van der Waals surface area contributed by atoms with E-state index in [0.29, 0.717) is 18.0 Å². The summed E-state index contributed by atoms with van der Waals surface area (Å²) >= 11 is 0. The Morgan fingerprint density at radius 1 is 1.50 bits per heavy atom. The van der Waals surface area contributed by atoms with E-state index in [1.807, 2.05) is 0 Å². The molecule has 0 aliphatic carbocycles. The number of rotatable bonds is 5. The van der Waals surface area contributed by atoms with Gasteiger partial charge in [0.05, 0.1) is 7.11 Å². The smallest absolute Gasteiger partial charge is 0.326 e. The number of aliphatic carboxylic acids is 1. The average Bonchev–Trinajstić information content (AvgIpc) is 2.38. The van der Waals surface area contributed by atoms with Gasteiger partial charge >= 0.3 is 12.0 Å². The van der Waals surface area contributed by atoms with Crippen LogP contribution in [0.15, 0.2) is 6.07 Å². The molecular weight excluding hydrogens is 264 g/mol. The number of amides is 2. The minimum atomic E-state index is -1.06. The van der Waals surface area contributed by atoms with Gasteiger partial charge in [-0.05, 0) is 13.3 Å². The van der Waals surface area contributed by atoms with Crippen molar-refractivity contribution in [3.8, 4) is 5.88 Å². The molecule has 1 unspecified atom stereocenters. The molecule has 20 heavy (non-hydrogen) atoms. The van der Waals surface area contributed by atoms with E-state index in [9.17, 15) is 9.59 Å². The molecule has 0 bridgehead atoms. The van der Waals surface area contributed by atoms with Crippen molar-refractivity contribution in [1.29, 1.82) is 0 Å². The van der Waals surface area contributed by atoms with E-state index < -0.39 is 18.0 Å². The maximum absolute atomic E-state index is 12.0. The molecule has 0 aliphatic heterocycles. The lowest BCUT2D eigenvalue weighted by Crippen LogP contribution is -2.44. The summed E-state index contributed by atoms with van der Waals surface area (Å²) in [6.45, 7) is 3.42. The first-order valence-corrected chi connectivity index (χ1v) is 6.05. The number of nitrogens with one attached hydrogen (secondary N) is 1. The van der Waals surface area contributed by atoms with Crippen LogP contribution in [0.5, 0.6) is 5.88 Å². The van der Waals surface area contributed by atoms with Crippen molar-refractivity contribution in [2.75, 3.05) is 19.5 Å². The maximum atomic E-state index is 12.0. The number of hydrogen-bond donors (Lipinski definition) is 2. The van der Waals surface area contributed by atoms with Gasteiger partial charge < -0.3 is 14.7 Å². The van der Waals surface area contributed by atoms with Gasteiger partial charge in [-0.2, -0.15) is 4.98 Å². The van der Waals surface area contributed by atoms with Gasteiger partial charge in [0.1, 0.15) is 6.04 Å². The lowest BCUT2D eigenvalue weighted by atomic mass is 10.2. The van der Waals surface area contributed by atoms with Gasteiger partial charge in [0, 0.05) is 18.8 Å². The number of carbonyl (C=O) groups excluding carboxylic acids is 1. The highest BCUT2D eigenvalue weighted by Crippen LogP contribution is 2.12. The second-order valence-electron chi connectivity index (χ2n) is 4.18. The molecule has 1 aromatic rings. The Bertz CT molecular complexity index is 506. The number of carbonyl (C=O) groups is 2. The molecule has 2 N–H and O–H groups in total. The van der Waals surface area contributed by atoms with Crippen LogP contribution < -0.4 is 10.1 Å². The summed E-state index contributed by atoms with van der Waals surface area (Å²) in [4.78, 5) is 32.1. The molecule has 1 rings (SSSR count). The Hall–Kier alpha value is -2.38. The second-order valence-corrected chi connectivity index (χ2v) is 4.18. The van der Waals surface area contributed by atoms with Gasteiger partial charge in [0.25, 0.3) is 0 Å². The van der Waals surface area contributed by atoms with E-state index in [-0.39, 0.29) is 5.95 Å². The predicted octanol–water partition coefficient (Wildman–Crippen LogP) is 1.12. The number of urea groups is 1. The molecule has 0 saturated carbocycles. The van der Waals surface area contributed by atoms with Crippen LogP contribution in [0, 0.1) is 6.92 Å². The molecule has 1 atom stereocenters. The molecule has 0 fully saturated rings. The van der Waals surface area contributed by atoms with Crippen molar-refractivity contribution in [3.05, 3.63) is 11.8 Å². The zero-order chi connectivity index (χ0) is 15.3. The van der Waals surface area contributed by atoms with Crippen molar-refractivity contribution in [3.63, 3.8) is 0 Å². The zero-order valence-electron chi connectivity index (χ0n) is 11.9. The normalized spacial score (nSPS) is 11.6. The van der Waals surface area contributed by atoms with E-state index in [1.54, 1.807) is 19.9 Å². The van der Waals surface area contributed by atoms with Crippen LogP contribution in [0.1, 0.15) is 19.0 Å². The standard InChI is InChI=1S/C12H18N4O4/c1-5-8(10(17)18)16(3)12(19)15-11-13-7(2)6-9(14-11)20-4/h6,8H,5H2,1-4H3,(H,17,18)(H,13,14,15,19). The summed E-state index contributed by atoms with van der Waals surface area (Å²) in [7, 11) is 2.86. The van der Waals surface area contributed by atoms with Gasteiger partial charge in [-0.1, -0.05) is 6.92 Å². The zero-order valence-corrected chi connectivity index (χ0v) is 11.9. The van der Waals surface area contributed by atoms with Crippen LogP contribution in [0.4, 0.5) is 10.7 Å². The highest BCUT2D eigenvalue weighted by Gasteiger charge is 2.25. The summed E-state index contributed by atoms with van der Waals surface area (Å²) in [5.74, 6) is -0.674. The van der Waals surface area contributed by atoms with Gasteiger partial charge in [0.2, 0.25) is 11.8 Å². The number of nitrogens with zero attached hydrogens (tertiary/aromatic N) is 3. The molecule has 0 spiro atoms. The Balaban J connectivity index is 2.84. The predicted molar refractivity (Wildman–Crippen MR) is 71.8 cm³/mol. The maximum Gasteiger partial charge on any atom is 0.326 e. The van der Waals surface area contributed by atoms with E-state index in [2.05, 4.69) is 15.3 Å². The number of hydrogen-bond acceptors (Lipinski definition) is 5. The fourth-order valence-corrected chi connectivity index (χ4v) is 1.64. The van der Waals surface area contributed by atoms with Gasteiger partial charge in [-0.15, -0.1) is 0 Å². The van der Waals surface area contributed by atoms with E-state index in [1.165, 1.54) is 14.2 Å². The number of methoxy groups -OCH3 is 1. The van der Waals surface area contributed by atoms with Crippen LogP contribution in [-0.2, 0) is 4.79 Å². The van der Waals surface area contributed by atoms with Crippen molar-refractivity contribution in [2.24, 2.45) is 0 Å². The highest BCUT2D eigenvalue weighted by molar-refractivity contribution is 5.90.